The number of hydrogen-bond acceptors (Lipinski definition) is 3. The third-order valence-electron chi connectivity index (χ3n) is 8.86. The summed E-state index contributed by atoms with van der Waals surface area (Å²) in [4.78, 5) is 0. The minimum atomic E-state index is -0.871. The van der Waals surface area contributed by atoms with Gasteiger partial charge in [-0.2, -0.15) is 0 Å². The van der Waals surface area contributed by atoms with Crippen LogP contribution in [0.25, 0.3) is 0 Å². The molecule has 4 saturated carbocycles. The van der Waals surface area contributed by atoms with Gasteiger partial charge in [-0.05, 0) is 86.9 Å². The van der Waals surface area contributed by atoms with Crippen molar-refractivity contribution >= 4 is 5.71 Å². The first-order valence-corrected chi connectivity index (χ1v) is 9.78. The Hall–Kier alpha value is -1.01. The molecular weight excluding hydrogens is 298 g/mol. The molecule has 7 atom stereocenters. The van der Waals surface area contributed by atoms with Crippen LogP contribution in [0.1, 0.15) is 71.6 Å². The van der Waals surface area contributed by atoms with Gasteiger partial charge in [0.15, 0.2) is 0 Å². The van der Waals surface area contributed by atoms with Crippen LogP contribution in [0.3, 0.4) is 0 Å². The van der Waals surface area contributed by atoms with Crippen LogP contribution < -0.4 is 0 Å². The topological polar surface area (TPSA) is 52.8 Å². The summed E-state index contributed by atoms with van der Waals surface area (Å²) in [5.41, 5.74) is 0.618. The summed E-state index contributed by atoms with van der Waals surface area (Å²) in [6, 6.07) is 0. The van der Waals surface area contributed by atoms with Crippen LogP contribution >= 0.6 is 0 Å². The summed E-state index contributed by atoms with van der Waals surface area (Å²) in [6.45, 7) is 4.81. The highest BCUT2D eigenvalue weighted by Gasteiger charge is 2.60. The fourth-order valence-electron chi connectivity index (χ4n) is 7.33. The minimum absolute atomic E-state index is 0.118. The normalized spacial score (nSPS) is 55.3. The lowest BCUT2D eigenvalue weighted by Crippen LogP contribution is -2.55. The maximum Gasteiger partial charge on any atom is 0.125 e. The predicted octanol–water partition coefficient (Wildman–Crippen LogP) is 4.22. The van der Waals surface area contributed by atoms with Crippen molar-refractivity contribution in [3.05, 3.63) is 0 Å². The van der Waals surface area contributed by atoms with E-state index < -0.39 is 5.60 Å². The van der Waals surface area contributed by atoms with E-state index in [4.69, 9.17) is 6.42 Å². The minimum Gasteiger partial charge on any atom is -0.411 e. The first-order valence-electron chi connectivity index (χ1n) is 9.78. The Balaban J connectivity index is 1.62. The van der Waals surface area contributed by atoms with Crippen LogP contribution in [0.4, 0.5) is 0 Å². The van der Waals surface area contributed by atoms with E-state index in [-0.39, 0.29) is 5.41 Å². The van der Waals surface area contributed by atoms with Gasteiger partial charge in [0.2, 0.25) is 0 Å². The van der Waals surface area contributed by atoms with E-state index in [0.29, 0.717) is 17.3 Å². The fourth-order valence-corrected chi connectivity index (χ4v) is 7.33. The van der Waals surface area contributed by atoms with Crippen LogP contribution in [-0.2, 0) is 0 Å². The molecule has 0 aliphatic heterocycles. The summed E-state index contributed by atoms with van der Waals surface area (Å²) in [5.74, 6) is 5.40. The van der Waals surface area contributed by atoms with Gasteiger partial charge in [0, 0.05) is 5.41 Å². The van der Waals surface area contributed by atoms with Crippen LogP contribution in [0.5, 0.6) is 0 Å². The Morgan fingerprint density at radius 2 is 1.88 bits per heavy atom. The highest BCUT2D eigenvalue weighted by Crippen LogP contribution is 2.66. The molecule has 2 N–H and O–H groups in total. The lowest BCUT2D eigenvalue weighted by atomic mass is 9.44. The van der Waals surface area contributed by atoms with Crippen molar-refractivity contribution in [2.45, 2.75) is 77.2 Å². The first-order chi connectivity index (χ1) is 11.4. The van der Waals surface area contributed by atoms with E-state index in [9.17, 15) is 10.3 Å². The number of oxime groups is 1. The molecule has 0 radical (unpaired) electrons. The van der Waals surface area contributed by atoms with Gasteiger partial charge in [-0.25, -0.2) is 0 Å². The molecule has 0 amide bonds. The molecule has 0 aromatic carbocycles. The standard InChI is InChI=1S/C21H31NO2/c1-4-21(23)12-11-19(2)14(13-21)5-6-15-16-7-8-18(22-24)20(16,3)10-9-17(15)19/h1,14-17,23-24H,5-13H2,2-3H3/b22-18+/t14-,15-,16-,17-,19-,20-,21+/m0/s1. The number of nitrogens with zero attached hydrogens (tertiary/aromatic N) is 1. The molecule has 0 saturated heterocycles. The maximum atomic E-state index is 10.6. The third-order valence-corrected chi connectivity index (χ3v) is 8.86. The summed E-state index contributed by atoms with van der Waals surface area (Å²) >= 11 is 0. The highest BCUT2D eigenvalue weighted by molar-refractivity contribution is 5.91. The van der Waals surface area contributed by atoms with Gasteiger partial charge in [0.1, 0.15) is 5.60 Å². The second kappa shape index (κ2) is 5.24. The first kappa shape index (κ1) is 16.5. The van der Waals surface area contributed by atoms with E-state index in [1.807, 2.05) is 0 Å². The van der Waals surface area contributed by atoms with Gasteiger partial charge in [0.25, 0.3) is 0 Å². The molecule has 3 nitrogen and oxygen atoms in total. The molecule has 0 spiro atoms. The summed E-state index contributed by atoms with van der Waals surface area (Å²) in [7, 11) is 0. The zero-order valence-electron chi connectivity index (χ0n) is 15.1. The van der Waals surface area contributed by atoms with Gasteiger partial charge in [-0.3, -0.25) is 0 Å². The van der Waals surface area contributed by atoms with Crippen molar-refractivity contribution in [1.82, 2.24) is 0 Å². The molecule has 0 unspecified atom stereocenters. The predicted molar refractivity (Wildman–Crippen MR) is 94.7 cm³/mol. The fraction of sp³-hybridized carbons (Fsp3) is 0.857. The van der Waals surface area contributed by atoms with Crippen molar-refractivity contribution in [2.75, 3.05) is 0 Å². The van der Waals surface area contributed by atoms with Crippen LogP contribution in [-0.4, -0.2) is 21.6 Å². The lowest BCUT2D eigenvalue weighted by molar-refractivity contribution is -0.127. The molecule has 24 heavy (non-hydrogen) atoms. The second-order valence-corrected chi connectivity index (χ2v) is 9.58. The maximum absolute atomic E-state index is 10.6. The Morgan fingerprint density at radius 3 is 2.58 bits per heavy atom. The third kappa shape index (κ3) is 2.05. The number of hydrogen-bond donors (Lipinski definition) is 2. The van der Waals surface area contributed by atoms with Gasteiger partial charge >= 0.3 is 0 Å². The quantitative estimate of drug-likeness (QED) is 0.397. The molecule has 0 aromatic rings. The van der Waals surface area contributed by atoms with Crippen LogP contribution in [0.15, 0.2) is 5.16 Å². The molecule has 3 heteroatoms. The largest absolute Gasteiger partial charge is 0.411 e. The molecule has 0 heterocycles. The van der Waals surface area contributed by atoms with Gasteiger partial charge in [0.05, 0.1) is 5.71 Å². The number of fused-ring (bicyclic) bond motifs is 5. The molecule has 4 aliphatic carbocycles. The van der Waals surface area contributed by atoms with Gasteiger partial charge in [-0.15, -0.1) is 6.42 Å². The summed E-state index contributed by atoms with van der Waals surface area (Å²) in [5, 5.41) is 23.7. The van der Waals surface area contributed by atoms with Crippen LogP contribution in [0, 0.1) is 46.8 Å². The smallest absolute Gasteiger partial charge is 0.125 e. The van der Waals surface area contributed by atoms with Crippen molar-refractivity contribution in [1.29, 1.82) is 0 Å². The molecule has 0 aromatic heterocycles. The average molecular weight is 329 g/mol. The molecule has 4 rings (SSSR count). The molecule has 0 bridgehead atoms. The van der Waals surface area contributed by atoms with E-state index in [1.54, 1.807) is 0 Å². The van der Waals surface area contributed by atoms with Crippen molar-refractivity contribution in [2.24, 2.45) is 39.7 Å². The molecule has 132 valence electrons. The summed E-state index contributed by atoms with van der Waals surface area (Å²) < 4.78 is 0. The Morgan fingerprint density at radius 1 is 1.08 bits per heavy atom. The monoisotopic (exact) mass is 329 g/mol. The molecular formula is C21H31NO2. The van der Waals surface area contributed by atoms with Crippen molar-refractivity contribution < 1.29 is 10.3 Å². The Bertz CT molecular complexity index is 607. The number of aliphatic hydroxyl groups is 1. The van der Waals surface area contributed by atoms with Crippen LogP contribution in [0.2, 0.25) is 0 Å². The van der Waals surface area contributed by atoms with E-state index in [2.05, 4.69) is 24.9 Å². The zero-order chi connectivity index (χ0) is 17.2. The zero-order valence-corrected chi connectivity index (χ0v) is 15.1. The number of terminal acetylenes is 1. The van der Waals surface area contributed by atoms with Crippen molar-refractivity contribution in [3.63, 3.8) is 0 Å². The van der Waals surface area contributed by atoms with Gasteiger partial charge < -0.3 is 10.3 Å². The Labute approximate surface area is 145 Å². The molecule has 4 fully saturated rings. The lowest BCUT2D eigenvalue weighted by Gasteiger charge is -2.61. The number of rotatable bonds is 0. The highest BCUT2D eigenvalue weighted by atomic mass is 16.4. The SMILES string of the molecule is C#C[C@@]1(O)CC[C@@]2(C)[C@@H](CC[C@@H]3[C@@H]2CC[C@]2(C)/C(=N/O)CC[C@@H]32)C1. The molecule has 4 aliphatic rings. The van der Waals surface area contributed by atoms with E-state index >= 15 is 0 Å². The van der Waals surface area contributed by atoms with Crippen molar-refractivity contribution in [3.8, 4) is 12.3 Å². The van der Waals surface area contributed by atoms with Gasteiger partial charge in [-0.1, -0.05) is 24.9 Å². The summed E-state index contributed by atoms with van der Waals surface area (Å²) in [6.07, 6.45) is 15.2. The van der Waals surface area contributed by atoms with E-state index in [1.165, 1.54) is 25.7 Å². The van der Waals surface area contributed by atoms with E-state index in [0.717, 1.165) is 49.7 Å². The Kier molecular flexibility index (Phi) is 3.59. The second-order valence-electron chi connectivity index (χ2n) is 9.58. The average Bonchev–Trinajstić information content (AvgIpc) is 2.92.